The summed E-state index contributed by atoms with van der Waals surface area (Å²) in [5.74, 6) is -1.72. The Bertz CT molecular complexity index is 1070. The Labute approximate surface area is 188 Å². The number of hydrogen-bond donors (Lipinski definition) is 0. The van der Waals surface area contributed by atoms with Crippen LogP contribution in [0.1, 0.15) is 46.1 Å². The van der Waals surface area contributed by atoms with Gasteiger partial charge in [-0.2, -0.15) is 4.31 Å². The van der Waals surface area contributed by atoms with Gasteiger partial charge in [-0.25, -0.2) is 8.42 Å². The van der Waals surface area contributed by atoms with Crippen LogP contribution < -0.4 is 0 Å². The standard InChI is InChI=1S/C23H29NO7S/c1-15(25)31-20-13-23(21(27)30-5)14-24(11-10-17(23)12-19(20)26)32(28,29)18-8-6-16(7-9-18)22(2,3)4/h6-9,12,20H,10-11,13-14H2,1-5H3/t20?,23-/m0/s1. The Hall–Kier alpha value is -2.52. The molecule has 1 unspecified atom stereocenters. The second-order valence-electron chi connectivity index (χ2n) is 9.31. The van der Waals surface area contributed by atoms with Gasteiger partial charge >= 0.3 is 11.9 Å². The van der Waals surface area contributed by atoms with Gasteiger partial charge in [-0.05, 0) is 41.2 Å². The number of sulfonamides is 1. The first-order valence-electron chi connectivity index (χ1n) is 10.4. The molecule has 0 bridgehead atoms. The van der Waals surface area contributed by atoms with Gasteiger partial charge in [0.2, 0.25) is 10.0 Å². The molecule has 8 nitrogen and oxygen atoms in total. The molecule has 1 aliphatic heterocycles. The highest BCUT2D eigenvalue weighted by Gasteiger charge is 2.54. The molecule has 1 aromatic carbocycles. The first kappa shape index (κ1) is 24.1. The number of carbonyl (C=O) groups is 3. The summed E-state index contributed by atoms with van der Waals surface area (Å²) in [7, 11) is -2.69. The molecule has 2 atom stereocenters. The van der Waals surface area contributed by atoms with Crippen molar-refractivity contribution in [1.29, 1.82) is 0 Å². The largest absolute Gasteiger partial charge is 0.468 e. The first-order valence-corrected chi connectivity index (χ1v) is 11.9. The lowest BCUT2D eigenvalue weighted by Crippen LogP contribution is -2.55. The third-order valence-corrected chi connectivity index (χ3v) is 7.96. The van der Waals surface area contributed by atoms with Crippen molar-refractivity contribution in [1.82, 2.24) is 4.31 Å². The zero-order valence-electron chi connectivity index (χ0n) is 19.0. The molecule has 174 valence electrons. The van der Waals surface area contributed by atoms with E-state index in [0.29, 0.717) is 5.57 Å². The van der Waals surface area contributed by atoms with Gasteiger partial charge in [0, 0.05) is 26.4 Å². The highest BCUT2D eigenvalue weighted by Crippen LogP contribution is 2.45. The van der Waals surface area contributed by atoms with Gasteiger partial charge in [0.05, 0.1) is 12.0 Å². The number of carbonyl (C=O) groups excluding carboxylic acids is 3. The van der Waals surface area contributed by atoms with E-state index >= 15 is 0 Å². The van der Waals surface area contributed by atoms with Crippen LogP contribution in [-0.4, -0.2) is 56.7 Å². The fourth-order valence-electron chi connectivity index (χ4n) is 4.31. The van der Waals surface area contributed by atoms with E-state index in [4.69, 9.17) is 9.47 Å². The molecule has 1 aromatic rings. The van der Waals surface area contributed by atoms with Crippen LogP contribution in [0.25, 0.3) is 0 Å². The smallest absolute Gasteiger partial charge is 0.317 e. The van der Waals surface area contributed by atoms with E-state index < -0.39 is 39.3 Å². The van der Waals surface area contributed by atoms with E-state index in [9.17, 15) is 22.8 Å². The molecule has 1 saturated heterocycles. The molecule has 2 aliphatic rings. The number of benzene rings is 1. The van der Waals surface area contributed by atoms with Crippen LogP contribution in [0.2, 0.25) is 0 Å². The summed E-state index contributed by atoms with van der Waals surface area (Å²) in [6.07, 6.45) is 0.186. The van der Waals surface area contributed by atoms with Gasteiger partial charge < -0.3 is 9.47 Å². The van der Waals surface area contributed by atoms with Crippen LogP contribution in [0.3, 0.4) is 0 Å². The maximum Gasteiger partial charge on any atom is 0.317 e. The average molecular weight is 464 g/mol. The van der Waals surface area contributed by atoms with Crippen molar-refractivity contribution in [2.45, 2.75) is 57.0 Å². The van der Waals surface area contributed by atoms with Crippen LogP contribution in [0.5, 0.6) is 0 Å². The molecular weight excluding hydrogens is 434 g/mol. The number of methoxy groups -OCH3 is 1. The minimum absolute atomic E-state index is 0.123. The van der Waals surface area contributed by atoms with Gasteiger partial charge in [0.15, 0.2) is 11.9 Å². The van der Waals surface area contributed by atoms with Crippen molar-refractivity contribution in [2.24, 2.45) is 5.41 Å². The first-order chi connectivity index (χ1) is 14.8. The van der Waals surface area contributed by atoms with E-state index in [-0.39, 0.29) is 36.2 Å². The number of fused-ring (bicyclic) bond motifs is 1. The number of ketones is 1. The molecule has 0 saturated carbocycles. The zero-order chi connectivity index (χ0) is 23.9. The predicted octanol–water partition coefficient (Wildman–Crippen LogP) is 2.37. The van der Waals surface area contributed by atoms with Gasteiger partial charge in [-0.1, -0.05) is 32.9 Å². The molecule has 1 fully saturated rings. The summed E-state index contributed by atoms with van der Waals surface area (Å²) >= 11 is 0. The van der Waals surface area contributed by atoms with Crippen molar-refractivity contribution in [3.8, 4) is 0 Å². The molecule has 9 heteroatoms. The molecular formula is C23H29NO7S. The Morgan fingerprint density at radius 1 is 1.16 bits per heavy atom. The average Bonchev–Trinajstić information content (AvgIpc) is 2.72. The maximum atomic E-state index is 13.4. The topological polar surface area (TPSA) is 107 Å². The van der Waals surface area contributed by atoms with Crippen LogP contribution in [0.4, 0.5) is 0 Å². The molecule has 32 heavy (non-hydrogen) atoms. The van der Waals surface area contributed by atoms with Gasteiger partial charge in [-0.15, -0.1) is 0 Å². The fourth-order valence-corrected chi connectivity index (χ4v) is 5.81. The van der Waals surface area contributed by atoms with E-state index in [0.717, 1.165) is 5.56 Å². The van der Waals surface area contributed by atoms with Crippen LogP contribution in [0, 0.1) is 5.41 Å². The van der Waals surface area contributed by atoms with E-state index in [1.165, 1.54) is 24.4 Å². The third kappa shape index (κ3) is 4.36. The van der Waals surface area contributed by atoms with E-state index in [2.05, 4.69) is 0 Å². The lowest BCUT2D eigenvalue weighted by atomic mass is 9.68. The summed E-state index contributed by atoms with van der Waals surface area (Å²) in [6, 6.07) is 6.71. The Morgan fingerprint density at radius 2 is 1.78 bits per heavy atom. The summed E-state index contributed by atoms with van der Waals surface area (Å²) in [4.78, 5) is 36.9. The van der Waals surface area contributed by atoms with Crippen molar-refractivity contribution < 1.29 is 32.3 Å². The van der Waals surface area contributed by atoms with E-state index in [1.54, 1.807) is 24.3 Å². The Kier molecular flexibility index (Phi) is 6.36. The Balaban J connectivity index is 1.98. The SMILES string of the molecule is COC(=O)[C@]12CC(OC(C)=O)C(=O)C=C1CCN(S(=O)(=O)c1ccc(C(C)(C)C)cc1)C2. The quantitative estimate of drug-likeness (QED) is 0.631. The van der Waals surface area contributed by atoms with E-state index in [1.807, 2.05) is 20.8 Å². The summed E-state index contributed by atoms with van der Waals surface area (Å²) in [5.41, 5.74) is -0.00404. The molecule has 1 heterocycles. The van der Waals surface area contributed by atoms with Crippen LogP contribution in [0.15, 0.2) is 40.8 Å². The summed E-state index contributed by atoms with van der Waals surface area (Å²) in [6.45, 7) is 7.23. The molecule has 0 radical (unpaired) electrons. The van der Waals surface area contributed by atoms with Gasteiger partial charge in [-0.3, -0.25) is 14.4 Å². The highest BCUT2D eigenvalue weighted by atomic mass is 32.2. The second-order valence-corrected chi connectivity index (χ2v) is 11.2. The number of hydrogen-bond acceptors (Lipinski definition) is 7. The maximum absolute atomic E-state index is 13.4. The normalized spacial score (nSPS) is 24.3. The van der Waals surface area contributed by atoms with Crippen molar-refractivity contribution in [3.05, 3.63) is 41.5 Å². The predicted molar refractivity (Wildman–Crippen MR) is 116 cm³/mol. The van der Waals surface area contributed by atoms with Crippen molar-refractivity contribution in [3.63, 3.8) is 0 Å². The molecule has 0 amide bonds. The molecule has 0 N–H and O–H groups in total. The highest BCUT2D eigenvalue weighted by molar-refractivity contribution is 7.89. The van der Waals surface area contributed by atoms with Crippen molar-refractivity contribution >= 4 is 27.7 Å². The summed E-state index contributed by atoms with van der Waals surface area (Å²) < 4.78 is 38.2. The number of nitrogens with zero attached hydrogens (tertiary/aromatic N) is 1. The number of rotatable bonds is 4. The number of piperidine rings is 1. The Morgan fingerprint density at radius 3 is 2.31 bits per heavy atom. The molecule has 3 rings (SSSR count). The minimum atomic E-state index is -3.90. The zero-order valence-corrected chi connectivity index (χ0v) is 19.8. The van der Waals surface area contributed by atoms with Crippen LogP contribution in [-0.2, 0) is 39.3 Å². The molecule has 0 spiro atoms. The fraction of sp³-hybridized carbons (Fsp3) is 0.522. The monoisotopic (exact) mass is 463 g/mol. The van der Waals surface area contributed by atoms with Crippen LogP contribution >= 0.6 is 0 Å². The molecule has 1 aliphatic carbocycles. The van der Waals surface area contributed by atoms with Crippen molar-refractivity contribution in [2.75, 3.05) is 20.2 Å². The van der Waals surface area contributed by atoms with Gasteiger partial charge in [0.1, 0.15) is 5.41 Å². The number of esters is 2. The third-order valence-electron chi connectivity index (χ3n) is 6.10. The lowest BCUT2D eigenvalue weighted by molar-refractivity contribution is -0.162. The minimum Gasteiger partial charge on any atom is -0.468 e. The van der Waals surface area contributed by atoms with Gasteiger partial charge in [0.25, 0.3) is 0 Å². The summed E-state index contributed by atoms with van der Waals surface area (Å²) in [5, 5.41) is 0. The molecule has 0 aromatic heterocycles. The lowest BCUT2D eigenvalue weighted by Gasteiger charge is -2.44. The second kappa shape index (κ2) is 8.44. The number of ether oxygens (including phenoxy) is 2.